The van der Waals surface area contributed by atoms with Gasteiger partial charge in [-0.2, -0.15) is 0 Å². The van der Waals surface area contributed by atoms with E-state index in [0.717, 1.165) is 5.56 Å². The van der Waals surface area contributed by atoms with Crippen molar-refractivity contribution in [1.29, 1.82) is 0 Å². The molecule has 0 saturated heterocycles. The summed E-state index contributed by atoms with van der Waals surface area (Å²) in [5.41, 5.74) is 4.91. The van der Waals surface area contributed by atoms with Crippen molar-refractivity contribution in [3.8, 4) is 0 Å². The number of benzene rings is 1. The minimum absolute atomic E-state index is 0.208. The molecular formula is C8H10Cl2N+. The normalized spacial score (nSPS) is 13.1. The van der Waals surface area contributed by atoms with E-state index in [2.05, 4.69) is 5.73 Å². The van der Waals surface area contributed by atoms with Crippen molar-refractivity contribution in [3.05, 3.63) is 33.8 Å². The molecule has 0 radical (unpaired) electrons. The van der Waals surface area contributed by atoms with Crippen LogP contribution in [0.15, 0.2) is 18.2 Å². The second-order valence-corrected chi connectivity index (χ2v) is 3.41. The van der Waals surface area contributed by atoms with E-state index in [1.807, 2.05) is 19.1 Å². The summed E-state index contributed by atoms with van der Waals surface area (Å²) in [5.74, 6) is 0. The molecule has 1 unspecified atom stereocenters. The zero-order valence-corrected chi connectivity index (χ0v) is 7.78. The van der Waals surface area contributed by atoms with Crippen LogP contribution in [0.25, 0.3) is 0 Å². The van der Waals surface area contributed by atoms with Gasteiger partial charge in [-0.3, -0.25) is 0 Å². The molecule has 1 atom stereocenters. The van der Waals surface area contributed by atoms with Crippen molar-refractivity contribution >= 4 is 23.2 Å². The average molecular weight is 191 g/mol. The van der Waals surface area contributed by atoms with Crippen LogP contribution in [0.4, 0.5) is 0 Å². The first-order chi connectivity index (χ1) is 5.11. The first-order valence-electron chi connectivity index (χ1n) is 3.39. The maximum atomic E-state index is 5.90. The summed E-state index contributed by atoms with van der Waals surface area (Å²) in [5, 5.41) is 1.36. The number of rotatable bonds is 1. The Balaban J connectivity index is 3.09. The standard InChI is InChI=1S/C8H9Cl2N/c1-5(11)7-3-2-6(9)4-8(7)10/h2-5H,11H2,1H3/p+1. The molecule has 1 rings (SSSR count). The van der Waals surface area contributed by atoms with Crippen molar-refractivity contribution in [3.63, 3.8) is 0 Å². The molecule has 11 heavy (non-hydrogen) atoms. The lowest BCUT2D eigenvalue weighted by molar-refractivity contribution is -0.420. The fourth-order valence-corrected chi connectivity index (χ4v) is 1.50. The molecule has 3 heteroatoms. The number of hydrogen-bond donors (Lipinski definition) is 1. The highest BCUT2D eigenvalue weighted by Gasteiger charge is 2.07. The van der Waals surface area contributed by atoms with Gasteiger partial charge in [0.1, 0.15) is 6.04 Å². The molecule has 1 nitrogen and oxygen atoms in total. The molecule has 0 spiro atoms. The Labute approximate surface area is 76.1 Å². The van der Waals surface area contributed by atoms with E-state index in [1.54, 1.807) is 6.07 Å². The zero-order chi connectivity index (χ0) is 8.43. The first-order valence-corrected chi connectivity index (χ1v) is 4.15. The molecule has 1 aromatic carbocycles. The van der Waals surface area contributed by atoms with Crippen molar-refractivity contribution in [2.75, 3.05) is 0 Å². The molecule has 0 saturated carbocycles. The van der Waals surface area contributed by atoms with Gasteiger partial charge in [0, 0.05) is 10.6 Å². The second kappa shape index (κ2) is 3.44. The summed E-state index contributed by atoms with van der Waals surface area (Å²) in [6.45, 7) is 2.00. The Hall–Kier alpha value is -0.240. The largest absolute Gasteiger partial charge is 0.352 e. The van der Waals surface area contributed by atoms with Gasteiger partial charge in [-0.15, -0.1) is 0 Å². The first kappa shape index (κ1) is 8.85. The number of hydrogen-bond acceptors (Lipinski definition) is 0. The predicted octanol–water partition coefficient (Wildman–Crippen LogP) is 2.30. The Morgan fingerprint density at radius 3 is 2.45 bits per heavy atom. The Bertz CT molecular complexity index is 258. The van der Waals surface area contributed by atoms with Gasteiger partial charge < -0.3 is 5.73 Å². The SMILES string of the molecule is CC([NH3+])c1ccc(Cl)cc1Cl. The summed E-state index contributed by atoms with van der Waals surface area (Å²) in [6, 6.07) is 5.67. The van der Waals surface area contributed by atoms with Gasteiger partial charge in [-0.1, -0.05) is 29.3 Å². The van der Waals surface area contributed by atoms with Crippen molar-refractivity contribution in [1.82, 2.24) is 0 Å². The summed E-state index contributed by atoms with van der Waals surface area (Å²) in [7, 11) is 0. The molecule has 60 valence electrons. The van der Waals surface area contributed by atoms with Gasteiger partial charge in [0.2, 0.25) is 0 Å². The van der Waals surface area contributed by atoms with Crippen LogP contribution in [0, 0.1) is 0 Å². The van der Waals surface area contributed by atoms with Crippen LogP contribution in [-0.2, 0) is 0 Å². The molecular weight excluding hydrogens is 181 g/mol. The minimum Gasteiger partial charge on any atom is -0.352 e. The van der Waals surface area contributed by atoms with E-state index < -0.39 is 0 Å². The van der Waals surface area contributed by atoms with Crippen LogP contribution in [0.1, 0.15) is 18.5 Å². The molecule has 0 fully saturated rings. The molecule has 0 aliphatic carbocycles. The quantitative estimate of drug-likeness (QED) is 0.705. The molecule has 0 heterocycles. The highest BCUT2D eigenvalue weighted by atomic mass is 35.5. The minimum atomic E-state index is 0.208. The molecule has 0 bridgehead atoms. The maximum Gasteiger partial charge on any atom is 0.109 e. The fourth-order valence-electron chi connectivity index (χ4n) is 0.901. The molecule has 0 aliphatic rings. The lowest BCUT2D eigenvalue weighted by Gasteiger charge is -2.04. The van der Waals surface area contributed by atoms with E-state index in [-0.39, 0.29) is 6.04 Å². The lowest BCUT2D eigenvalue weighted by atomic mass is 10.1. The van der Waals surface area contributed by atoms with Gasteiger partial charge in [-0.05, 0) is 19.1 Å². The summed E-state index contributed by atoms with van der Waals surface area (Å²) in [6.07, 6.45) is 0. The lowest BCUT2D eigenvalue weighted by Crippen LogP contribution is -2.51. The van der Waals surface area contributed by atoms with E-state index in [9.17, 15) is 0 Å². The highest BCUT2D eigenvalue weighted by molar-refractivity contribution is 6.35. The smallest absolute Gasteiger partial charge is 0.109 e. The van der Waals surface area contributed by atoms with Gasteiger partial charge >= 0.3 is 0 Å². The third-order valence-corrected chi connectivity index (χ3v) is 2.06. The molecule has 3 N–H and O–H groups in total. The molecule has 1 aromatic rings. The highest BCUT2D eigenvalue weighted by Crippen LogP contribution is 2.23. The van der Waals surface area contributed by atoms with E-state index in [0.29, 0.717) is 10.0 Å². The number of halogens is 2. The second-order valence-electron chi connectivity index (χ2n) is 2.57. The van der Waals surface area contributed by atoms with Crippen LogP contribution in [-0.4, -0.2) is 0 Å². The van der Waals surface area contributed by atoms with Crippen LogP contribution in [0.5, 0.6) is 0 Å². The van der Waals surface area contributed by atoms with Crippen LogP contribution >= 0.6 is 23.2 Å². The van der Waals surface area contributed by atoms with Gasteiger partial charge in [0.15, 0.2) is 0 Å². The van der Waals surface area contributed by atoms with Crippen LogP contribution in [0.2, 0.25) is 10.0 Å². The monoisotopic (exact) mass is 190 g/mol. The third-order valence-electron chi connectivity index (χ3n) is 1.49. The summed E-state index contributed by atoms with van der Waals surface area (Å²) in [4.78, 5) is 0. The Kier molecular flexibility index (Phi) is 2.77. The van der Waals surface area contributed by atoms with Gasteiger partial charge in [-0.25, -0.2) is 0 Å². The van der Waals surface area contributed by atoms with Crippen LogP contribution in [0.3, 0.4) is 0 Å². The van der Waals surface area contributed by atoms with E-state index >= 15 is 0 Å². The topological polar surface area (TPSA) is 27.6 Å². The van der Waals surface area contributed by atoms with Crippen molar-refractivity contribution in [2.24, 2.45) is 0 Å². The van der Waals surface area contributed by atoms with Gasteiger partial charge in [0.05, 0.1) is 5.02 Å². The molecule has 0 amide bonds. The summed E-state index contributed by atoms with van der Waals surface area (Å²) < 4.78 is 0. The van der Waals surface area contributed by atoms with E-state index in [4.69, 9.17) is 23.2 Å². The van der Waals surface area contributed by atoms with Crippen molar-refractivity contribution < 1.29 is 5.73 Å². The number of quaternary nitrogens is 1. The predicted molar refractivity (Wildman–Crippen MR) is 47.8 cm³/mol. The Morgan fingerprint density at radius 1 is 1.36 bits per heavy atom. The van der Waals surface area contributed by atoms with Gasteiger partial charge in [0.25, 0.3) is 0 Å². The summed E-state index contributed by atoms with van der Waals surface area (Å²) >= 11 is 11.6. The van der Waals surface area contributed by atoms with Crippen LogP contribution < -0.4 is 5.73 Å². The van der Waals surface area contributed by atoms with Crippen molar-refractivity contribution in [2.45, 2.75) is 13.0 Å². The maximum absolute atomic E-state index is 5.90. The Morgan fingerprint density at radius 2 is 2.00 bits per heavy atom. The molecule has 0 aromatic heterocycles. The average Bonchev–Trinajstić information content (AvgIpc) is 1.85. The fraction of sp³-hybridized carbons (Fsp3) is 0.250. The third kappa shape index (κ3) is 2.09. The zero-order valence-electron chi connectivity index (χ0n) is 6.27. The molecule has 0 aliphatic heterocycles. The van der Waals surface area contributed by atoms with E-state index in [1.165, 1.54) is 0 Å².